The Labute approximate surface area is 75.8 Å². The number of imidazole rings is 1. The number of carbonyl (C=O) groups is 2. The van der Waals surface area contributed by atoms with Crippen molar-refractivity contribution in [3.63, 3.8) is 0 Å². The topological polar surface area (TPSA) is 62.8 Å². The molecular weight excluding hydrogens is 224 g/mol. The average Bonchev–Trinajstić information content (AvgIpc) is 2.48. The highest BCUT2D eigenvalue weighted by molar-refractivity contribution is 9.12. The Hall–Kier alpha value is -1.23. The molecule has 1 aromatic rings. The summed E-state index contributed by atoms with van der Waals surface area (Å²) in [4.78, 5) is 28.8. The fourth-order valence-corrected chi connectivity index (χ4v) is 1.43. The van der Waals surface area contributed by atoms with E-state index in [1.807, 2.05) is 0 Å². The second kappa shape index (κ2) is 2.38. The Kier molecular flexibility index (Phi) is 1.47. The van der Waals surface area contributed by atoms with Gasteiger partial charge in [0.25, 0.3) is 0 Å². The molecule has 60 valence electrons. The average molecular weight is 227 g/mol. The Balaban J connectivity index is 2.67. The van der Waals surface area contributed by atoms with Gasteiger partial charge < -0.3 is 4.98 Å². The lowest BCUT2D eigenvalue weighted by Crippen LogP contribution is -2.13. The molecule has 1 aliphatic rings. The number of fused-ring (bicyclic) bond motifs is 1. The van der Waals surface area contributed by atoms with Crippen LogP contribution in [0.25, 0.3) is 0 Å². The SMILES string of the molecule is O=C1C=C(Br)C(=O)c2[nH]cnc21. The first-order chi connectivity index (χ1) is 5.70. The van der Waals surface area contributed by atoms with Crippen molar-refractivity contribution in [2.24, 2.45) is 0 Å². The first-order valence-electron chi connectivity index (χ1n) is 3.20. The van der Waals surface area contributed by atoms with Crippen molar-refractivity contribution in [2.75, 3.05) is 0 Å². The first-order valence-corrected chi connectivity index (χ1v) is 3.99. The summed E-state index contributed by atoms with van der Waals surface area (Å²) in [6.45, 7) is 0. The van der Waals surface area contributed by atoms with E-state index in [0.29, 0.717) is 0 Å². The summed E-state index contributed by atoms with van der Waals surface area (Å²) < 4.78 is 0.268. The van der Waals surface area contributed by atoms with E-state index < -0.39 is 0 Å². The van der Waals surface area contributed by atoms with Gasteiger partial charge in [0.15, 0.2) is 0 Å². The van der Waals surface area contributed by atoms with Gasteiger partial charge in [-0.2, -0.15) is 0 Å². The van der Waals surface area contributed by atoms with Crippen molar-refractivity contribution >= 4 is 27.5 Å². The number of rotatable bonds is 0. The molecule has 0 radical (unpaired) electrons. The maximum atomic E-state index is 11.3. The van der Waals surface area contributed by atoms with Gasteiger partial charge in [-0.15, -0.1) is 0 Å². The molecule has 0 unspecified atom stereocenters. The molecule has 0 spiro atoms. The fraction of sp³-hybridized carbons (Fsp3) is 0. The largest absolute Gasteiger partial charge is 0.341 e. The van der Waals surface area contributed by atoms with E-state index in [2.05, 4.69) is 25.9 Å². The zero-order valence-corrected chi connectivity index (χ0v) is 7.38. The van der Waals surface area contributed by atoms with Crippen molar-refractivity contribution in [3.05, 3.63) is 28.3 Å². The fourth-order valence-electron chi connectivity index (χ4n) is 1.02. The van der Waals surface area contributed by atoms with E-state index in [1.54, 1.807) is 0 Å². The van der Waals surface area contributed by atoms with Crippen LogP contribution in [-0.2, 0) is 0 Å². The van der Waals surface area contributed by atoms with E-state index in [1.165, 1.54) is 12.4 Å². The molecule has 1 aliphatic carbocycles. The molecule has 4 nitrogen and oxygen atoms in total. The molecule has 0 fully saturated rings. The van der Waals surface area contributed by atoms with Gasteiger partial charge in [0.2, 0.25) is 11.6 Å². The monoisotopic (exact) mass is 226 g/mol. The highest BCUT2D eigenvalue weighted by Gasteiger charge is 2.26. The van der Waals surface area contributed by atoms with Crippen LogP contribution in [0.15, 0.2) is 16.9 Å². The summed E-state index contributed by atoms with van der Waals surface area (Å²) in [6.07, 6.45) is 2.56. The highest BCUT2D eigenvalue weighted by atomic mass is 79.9. The van der Waals surface area contributed by atoms with Crippen molar-refractivity contribution in [1.29, 1.82) is 0 Å². The Morgan fingerprint density at radius 3 is 2.92 bits per heavy atom. The van der Waals surface area contributed by atoms with Crippen LogP contribution in [0.1, 0.15) is 21.0 Å². The minimum Gasteiger partial charge on any atom is -0.341 e. The third kappa shape index (κ3) is 0.863. The number of hydrogen-bond acceptors (Lipinski definition) is 3. The van der Waals surface area contributed by atoms with Gasteiger partial charge in [-0.05, 0) is 15.9 Å². The molecule has 1 aromatic heterocycles. The smallest absolute Gasteiger partial charge is 0.218 e. The third-order valence-corrected chi connectivity index (χ3v) is 2.16. The molecule has 0 saturated heterocycles. The lowest BCUT2D eigenvalue weighted by Gasteiger charge is -2.03. The molecule has 0 aromatic carbocycles. The van der Waals surface area contributed by atoms with Gasteiger partial charge in [0.1, 0.15) is 11.4 Å². The van der Waals surface area contributed by atoms with Gasteiger partial charge in [-0.1, -0.05) is 0 Å². The second-order valence-electron chi connectivity index (χ2n) is 2.31. The molecule has 1 N–H and O–H groups in total. The minimum absolute atomic E-state index is 0.197. The highest BCUT2D eigenvalue weighted by Crippen LogP contribution is 2.21. The number of halogens is 1. The molecule has 1 heterocycles. The molecule has 5 heteroatoms. The number of aromatic amines is 1. The quantitative estimate of drug-likeness (QED) is 0.720. The van der Waals surface area contributed by atoms with Crippen molar-refractivity contribution in [1.82, 2.24) is 9.97 Å². The van der Waals surface area contributed by atoms with Crippen molar-refractivity contribution in [3.8, 4) is 0 Å². The van der Waals surface area contributed by atoms with Crippen LogP contribution in [-0.4, -0.2) is 21.5 Å². The van der Waals surface area contributed by atoms with Crippen LogP contribution in [0.5, 0.6) is 0 Å². The molecule has 0 atom stereocenters. The standard InChI is InChI=1S/C7H3BrN2O2/c8-3-1-4(11)5-6(7(3)12)10-2-9-5/h1-2H,(H,9,10). The number of hydrogen-bond donors (Lipinski definition) is 1. The predicted molar refractivity (Wildman–Crippen MR) is 44.3 cm³/mol. The summed E-state index contributed by atoms with van der Waals surface area (Å²) >= 11 is 2.99. The zero-order chi connectivity index (χ0) is 8.72. The number of allylic oxidation sites excluding steroid dienone is 2. The molecule has 0 saturated carbocycles. The first kappa shape index (κ1) is 7.42. The Morgan fingerprint density at radius 1 is 1.42 bits per heavy atom. The number of H-pyrrole nitrogens is 1. The Morgan fingerprint density at radius 2 is 2.17 bits per heavy atom. The van der Waals surface area contributed by atoms with Crippen LogP contribution in [0, 0.1) is 0 Å². The van der Waals surface area contributed by atoms with Crippen LogP contribution in [0.4, 0.5) is 0 Å². The normalized spacial score (nSPS) is 15.9. The van der Waals surface area contributed by atoms with E-state index >= 15 is 0 Å². The molecule has 12 heavy (non-hydrogen) atoms. The summed E-state index contributed by atoms with van der Waals surface area (Å²) in [5.41, 5.74) is 0.456. The van der Waals surface area contributed by atoms with Crippen molar-refractivity contribution < 1.29 is 9.59 Å². The molecule has 2 rings (SSSR count). The summed E-state index contributed by atoms with van der Waals surface area (Å²) in [5, 5.41) is 0. The lowest BCUT2D eigenvalue weighted by atomic mass is 10.1. The Bertz CT molecular complexity index is 405. The lowest BCUT2D eigenvalue weighted by molar-refractivity contribution is 0.0987. The number of nitrogens with zero attached hydrogens (tertiary/aromatic N) is 1. The van der Waals surface area contributed by atoms with E-state index in [-0.39, 0.29) is 27.4 Å². The minimum atomic E-state index is -0.252. The van der Waals surface area contributed by atoms with Crippen LogP contribution >= 0.6 is 15.9 Å². The molecule has 0 amide bonds. The van der Waals surface area contributed by atoms with Crippen LogP contribution in [0.2, 0.25) is 0 Å². The summed E-state index contributed by atoms with van der Waals surface area (Å²) in [6, 6.07) is 0. The zero-order valence-electron chi connectivity index (χ0n) is 5.80. The predicted octanol–water partition coefficient (Wildman–Crippen LogP) is 1.07. The van der Waals surface area contributed by atoms with Gasteiger partial charge in [-0.3, -0.25) is 9.59 Å². The van der Waals surface area contributed by atoms with Gasteiger partial charge in [0, 0.05) is 6.08 Å². The van der Waals surface area contributed by atoms with Crippen molar-refractivity contribution in [2.45, 2.75) is 0 Å². The molecule has 0 aliphatic heterocycles. The number of aromatic nitrogens is 2. The summed E-state index contributed by atoms with van der Waals surface area (Å²) in [7, 11) is 0. The number of ketones is 2. The number of nitrogens with one attached hydrogen (secondary N) is 1. The van der Waals surface area contributed by atoms with Gasteiger partial charge in [-0.25, -0.2) is 4.98 Å². The van der Waals surface area contributed by atoms with Crippen LogP contribution in [0.3, 0.4) is 0 Å². The maximum Gasteiger partial charge on any atom is 0.218 e. The van der Waals surface area contributed by atoms with Gasteiger partial charge in [0.05, 0.1) is 10.8 Å². The third-order valence-electron chi connectivity index (χ3n) is 1.57. The second-order valence-corrected chi connectivity index (χ2v) is 3.17. The maximum absolute atomic E-state index is 11.3. The number of carbonyl (C=O) groups excluding carboxylic acids is 2. The molecule has 0 bridgehead atoms. The molecular formula is C7H3BrN2O2. The van der Waals surface area contributed by atoms with Crippen LogP contribution < -0.4 is 0 Å². The summed E-state index contributed by atoms with van der Waals surface area (Å²) in [5.74, 6) is -0.486. The van der Waals surface area contributed by atoms with E-state index in [4.69, 9.17) is 0 Å². The number of Topliss-reactive ketones (excluding diaryl/α,β-unsaturated/α-hetero) is 1. The van der Waals surface area contributed by atoms with E-state index in [9.17, 15) is 9.59 Å². The van der Waals surface area contributed by atoms with Gasteiger partial charge >= 0.3 is 0 Å². The van der Waals surface area contributed by atoms with E-state index in [0.717, 1.165) is 0 Å².